The summed E-state index contributed by atoms with van der Waals surface area (Å²) in [7, 11) is -3.47. The molecular weight excluding hydrogens is 428 g/mol. The quantitative estimate of drug-likeness (QED) is 0.594. The first-order valence-corrected chi connectivity index (χ1v) is 13.4. The number of carbonyl (C=O) groups is 2. The van der Waals surface area contributed by atoms with Crippen LogP contribution in [0.2, 0.25) is 0 Å². The van der Waals surface area contributed by atoms with Gasteiger partial charge < -0.3 is 10.1 Å². The highest BCUT2D eigenvalue weighted by atomic mass is 32.2. The molecule has 1 aliphatic carbocycles. The van der Waals surface area contributed by atoms with E-state index in [1.165, 1.54) is 6.42 Å². The number of amides is 1. The molecule has 0 radical (unpaired) electrons. The molecule has 32 heavy (non-hydrogen) atoms. The minimum atomic E-state index is -3.47. The molecule has 0 aromatic heterocycles. The van der Waals surface area contributed by atoms with Crippen molar-refractivity contribution in [3.8, 4) is 0 Å². The van der Waals surface area contributed by atoms with Crippen molar-refractivity contribution in [2.45, 2.75) is 94.6 Å². The van der Waals surface area contributed by atoms with E-state index in [1.807, 2.05) is 0 Å². The molecule has 1 aliphatic heterocycles. The first-order valence-electron chi connectivity index (χ1n) is 12.0. The van der Waals surface area contributed by atoms with Gasteiger partial charge in [0.2, 0.25) is 10.0 Å². The molecule has 1 aromatic rings. The van der Waals surface area contributed by atoms with Gasteiger partial charge in [0.1, 0.15) is 0 Å². The molecule has 1 unspecified atom stereocenters. The molecule has 2 fully saturated rings. The first kappa shape index (κ1) is 24.7. The number of ether oxygens (including phenoxy) is 1. The maximum Gasteiger partial charge on any atom is 0.306 e. The Hall–Kier alpha value is -1.93. The molecule has 1 saturated carbocycles. The van der Waals surface area contributed by atoms with Gasteiger partial charge in [0.15, 0.2) is 6.10 Å². The Balaban J connectivity index is 1.45. The Labute approximate surface area is 191 Å². The fourth-order valence-corrected chi connectivity index (χ4v) is 5.90. The SMILES string of the molecule is CC(OC(=O)CCc1ccc(S(=O)(=O)N2CCCCCC2)cc1)C(=O)NC1CCCCC1. The van der Waals surface area contributed by atoms with Crippen molar-refractivity contribution < 1.29 is 22.7 Å². The average molecular weight is 465 g/mol. The third-order valence-electron chi connectivity index (χ3n) is 6.37. The fraction of sp³-hybridized carbons (Fsp3) is 0.667. The Morgan fingerprint density at radius 3 is 2.22 bits per heavy atom. The van der Waals surface area contributed by atoms with Crippen molar-refractivity contribution in [2.24, 2.45) is 0 Å². The van der Waals surface area contributed by atoms with Crippen LogP contribution >= 0.6 is 0 Å². The van der Waals surface area contributed by atoms with Gasteiger partial charge in [-0.3, -0.25) is 9.59 Å². The van der Waals surface area contributed by atoms with E-state index in [9.17, 15) is 18.0 Å². The second kappa shape index (κ2) is 11.8. The van der Waals surface area contributed by atoms with Crippen LogP contribution in [0.3, 0.4) is 0 Å². The minimum Gasteiger partial charge on any atom is -0.453 e. The smallest absolute Gasteiger partial charge is 0.306 e. The number of hydrogen-bond acceptors (Lipinski definition) is 5. The number of sulfonamides is 1. The zero-order valence-corrected chi connectivity index (χ0v) is 19.9. The van der Waals surface area contributed by atoms with E-state index in [1.54, 1.807) is 35.5 Å². The molecule has 2 aliphatic rings. The summed E-state index contributed by atoms with van der Waals surface area (Å²) >= 11 is 0. The standard InChI is InChI=1S/C24H36N2O5S/c1-19(24(28)25-21-9-5-4-6-10-21)31-23(27)16-13-20-11-14-22(15-12-20)32(29,30)26-17-7-2-3-8-18-26/h11-12,14-15,19,21H,2-10,13,16-18H2,1H3,(H,25,28). The molecule has 178 valence electrons. The molecule has 1 saturated heterocycles. The van der Waals surface area contributed by atoms with Crippen LogP contribution in [0.4, 0.5) is 0 Å². The van der Waals surface area contributed by atoms with Crippen LogP contribution in [0.1, 0.15) is 76.7 Å². The summed E-state index contributed by atoms with van der Waals surface area (Å²) in [5.41, 5.74) is 0.857. The van der Waals surface area contributed by atoms with Crippen LogP contribution in [-0.4, -0.2) is 49.8 Å². The van der Waals surface area contributed by atoms with Crippen molar-refractivity contribution in [3.63, 3.8) is 0 Å². The van der Waals surface area contributed by atoms with E-state index >= 15 is 0 Å². The van der Waals surface area contributed by atoms with Crippen LogP contribution in [0.25, 0.3) is 0 Å². The summed E-state index contributed by atoms with van der Waals surface area (Å²) in [6, 6.07) is 6.90. The van der Waals surface area contributed by atoms with Gasteiger partial charge >= 0.3 is 5.97 Å². The lowest BCUT2D eigenvalue weighted by molar-refractivity contribution is -0.155. The second-order valence-corrected chi connectivity index (χ2v) is 10.9. The lowest BCUT2D eigenvalue weighted by Crippen LogP contribution is -2.42. The number of benzene rings is 1. The highest BCUT2D eigenvalue weighted by molar-refractivity contribution is 7.89. The molecule has 1 amide bonds. The van der Waals surface area contributed by atoms with Gasteiger partial charge in [0.25, 0.3) is 5.91 Å². The Bertz CT molecular complexity index is 855. The van der Waals surface area contributed by atoms with Crippen molar-refractivity contribution in [1.82, 2.24) is 9.62 Å². The summed E-state index contributed by atoms with van der Waals surface area (Å²) in [5.74, 6) is -0.675. The number of nitrogens with one attached hydrogen (secondary N) is 1. The van der Waals surface area contributed by atoms with Gasteiger partial charge in [-0.05, 0) is 56.7 Å². The Morgan fingerprint density at radius 1 is 1.00 bits per heavy atom. The molecule has 1 atom stereocenters. The number of aryl methyl sites for hydroxylation is 1. The molecule has 0 spiro atoms. The largest absolute Gasteiger partial charge is 0.453 e. The molecule has 1 aromatic carbocycles. The molecule has 1 heterocycles. The number of hydrogen-bond donors (Lipinski definition) is 1. The van der Waals surface area contributed by atoms with Crippen LogP contribution in [-0.2, 0) is 30.8 Å². The molecule has 7 nitrogen and oxygen atoms in total. The monoisotopic (exact) mass is 464 g/mol. The van der Waals surface area contributed by atoms with Gasteiger partial charge in [0, 0.05) is 25.6 Å². The first-order chi connectivity index (χ1) is 15.4. The topological polar surface area (TPSA) is 92.8 Å². The van der Waals surface area contributed by atoms with Crippen molar-refractivity contribution in [1.29, 1.82) is 0 Å². The maximum atomic E-state index is 12.9. The third-order valence-corrected chi connectivity index (χ3v) is 8.29. The van der Waals surface area contributed by atoms with Crippen LogP contribution in [0.5, 0.6) is 0 Å². The van der Waals surface area contributed by atoms with Gasteiger partial charge in [-0.25, -0.2) is 8.42 Å². The van der Waals surface area contributed by atoms with Crippen LogP contribution in [0.15, 0.2) is 29.2 Å². The number of esters is 1. The predicted octanol–water partition coefficient (Wildman–Crippen LogP) is 3.56. The predicted molar refractivity (Wildman–Crippen MR) is 123 cm³/mol. The van der Waals surface area contributed by atoms with E-state index in [4.69, 9.17) is 4.74 Å². The van der Waals surface area contributed by atoms with E-state index in [0.717, 1.165) is 56.9 Å². The highest BCUT2D eigenvalue weighted by Gasteiger charge is 2.25. The third kappa shape index (κ3) is 7.04. The number of nitrogens with zero attached hydrogens (tertiary/aromatic N) is 1. The van der Waals surface area contributed by atoms with Gasteiger partial charge in [-0.1, -0.05) is 44.2 Å². The van der Waals surface area contributed by atoms with E-state index in [2.05, 4.69) is 5.32 Å². The van der Waals surface area contributed by atoms with Crippen LogP contribution < -0.4 is 5.32 Å². The Morgan fingerprint density at radius 2 is 1.59 bits per heavy atom. The molecule has 1 N–H and O–H groups in total. The Kier molecular flexibility index (Phi) is 9.11. The lowest BCUT2D eigenvalue weighted by atomic mass is 9.95. The maximum absolute atomic E-state index is 12.9. The van der Waals surface area contributed by atoms with Crippen LogP contribution in [0, 0.1) is 0 Å². The second-order valence-electron chi connectivity index (χ2n) is 8.94. The molecule has 3 rings (SSSR count). The van der Waals surface area contributed by atoms with Gasteiger partial charge in [-0.2, -0.15) is 4.31 Å². The van der Waals surface area contributed by atoms with Gasteiger partial charge in [-0.15, -0.1) is 0 Å². The molecular formula is C24H36N2O5S. The molecule has 0 bridgehead atoms. The van der Waals surface area contributed by atoms with E-state index < -0.39 is 22.1 Å². The normalized spacial score (nSPS) is 19.7. The molecule has 8 heteroatoms. The number of rotatable bonds is 8. The van der Waals surface area contributed by atoms with Gasteiger partial charge in [0.05, 0.1) is 4.90 Å². The summed E-state index contributed by atoms with van der Waals surface area (Å²) in [6.07, 6.45) is 9.11. The highest BCUT2D eigenvalue weighted by Crippen LogP contribution is 2.21. The summed E-state index contributed by atoms with van der Waals surface area (Å²) in [5, 5.41) is 2.97. The summed E-state index contributed by atoms with van der Waals surface area (Å²) < 4.78 is 32.6. The van der Waals surface area contributed by atoms with Crippen molar-refractivity contribution in [3.05, 3.63) is 29.8 Å². The minimum absolute atomic E-state index is 0.138. The summed E-state index contributed by atoms with van der Waals surface area (Å²) in [6.45, 7) is 2.74. The van der Waals surface area contributed by atoms with E-state index in [0.29, 0.717) is 24.4 Å². The summed E-state index contributed by atoms with van der Waals surface area (Å²) in [4.78, 5) is 24.7. The van der Waals surface area contributed by atoms with E-state index in [-0.39, 0.29) is 18.4 Å². The van der Waals surface area contributed by atoms with Crippen molar-refractivity contribution >= 4 is 21.9 Å². The zero-order chi connectivity index (χ0) is 23.0. The number of carbonyl (C=O) groups excluding carboxylic acids is 2. The average Bonchev–Trinajstić information content (AvgIpc) is 3.09. The zero-order valence-electron chi connectivity index (χ0n) is 19.1. The fourth-order valence-electron chi connectivity index (χ4n) is 4.38. The van der Waals surface area contributed by atoms with Crippen molar-refractivity contribution in [2.75, 3.05) is 13.1 Å². The lowest BCUT2D eigenvalue weighted by Gasteiger charge is -2.24.